The van der Waals surface area contributed by atoms with E-state index in [1.807, 2.05) is 13.1 Å². The summed E-state index contributed by atoms with van der Waals surface area (Å²) in [5.41, 5.74) is 4.03. The Morgan fingerprint density at radius 1 is 1.24 bits per heavy atom. The van der Waals surface area contributed by atoms with Crippen LogP contribution in [0, 0.1) is 13.8 Å². The van der Waals surface area contributed by atoms with Crippen LogP contribution in [0.2, 0.25) is 0 Å². The Hall–Kier alpha value is -2.03. The van der Waals surface area contributed by atoms with Crippen LogP contribution in [0.3, 0.4) is 0 Å². The molecule has 0 bridgehead atoms. The van der Waals surface area contributed by atoms with Crippen LogP contribution in [0.1, 0.15) is 17.0 Å². The van der Waals surface area contributed by atoms with Crippen molar-refractivity contribution in [2.24, 2.45) is 12.0 Å². The van der Waals surface area contributed by atoms with Gasteiger partial charge in [-0.3, -0.25) is 4.99 Å². The van der Waals surface area contributed by atoms with E-state index in [0.717, 1.165) is 5.56 Å². The molecule has 0 aliphatic carbocycles. The highest BCUT2D eigenvalue weighted by Crippen LogP contribution is 2.25. The number of benzene rings is 1. The largest absolute Gasteiger partial charge is 0.506 e. The van der Waals surface area contributed by atoms with E-state index < -0.39 is 0 Å². The van der Waals surface area contributed by atoms with E-state index >= 15 is 0 Å². The zero-order valence-corrected chi connectivity index (χ0v) is 10.3. The van der Waals surface area contributed by atoms with Crippen LogP contribution in [-0.2, 0) is 7.05 Å². The SMILES string of the molecule is Cc1cc(C=Nc2ccccc2O)c(C)n1C. The maximum absolute atomic E-state index is 9.60. The Balaban J connectivity index is 2.33. The van der Waals surface area contributed by atoms with Crippen molar-refractivity contribution in [3.8, 4) is 5.75 Å². The molecule has 3 nitrogen and oxygen atoms in total. The average Bonchev–Trinajstić information content (AvgIpc) is 2.56. The number of phenolic OH excluding ortho intramolecular Hbond substituents is 1. The molecule has 0 saturated carbocycles. The number of rotatable bonds is 2. The molecule has 1 N–H and O–H groups in total. The third kappa shape index (κ3) is 2.23. The summed E-state index contributed by atoms with van der Waals surface area (Å²) in [5, 5.41) is 9.60. The van der Waals surface area contributed by atoms with Gasteiger partial charge in [-0.25, -0.2) is 0 Å². The lowest BCUT2D eigenvalue weighted by Crippen LogP contribution is -1.93. The van der Waals surface area contributed by atoms with Crippen molar-refractivity contribution in [1.29, 1.82) is 0 Å². The van der Waals surface area contributed by atoms with Crippen molar-refractivity contribution in [2.75, 3.05) is 0 Å². The van der Waals surface area contributed by atoms with Crippen molar-refractivity contribution < 1.29 is 5.11 Å². The molecule has 88 valence electrons. The zero-order chi connectivity index (χ0) is 12.4. The van der Waals surface area contributed by atoms with E-state index in [1.54, 1.807) is 24.4 Å². The highest BCUT2D eigenvalue weighted by molar-refractivity contribution is 5.84. The summed E-state index contributed by atoms with van der Waals surface area (Å²) in [7, 11) is 2.03. The fourth-order valence-electron chi connectivity index (χ4n) is 1.73. The third-order valence-electron chi connectivity index (χ3n) is 3.04. The lowest BCUT2D eigenvalue weighted by molar-refractivity contribution is 0.477. The maximum Gasteiger partial charge on any atom is 0.141 e. The molecule has 1 aromatic heterocycles. The number of aromatic nitrogens is 1. The molecular weight excluding hydrogens is 212 g/mol. The Labute approximate surface area is 101 Å². The van der Waals surface area contributed by atoms with E-state index in [-0.39, 0.29) is 5.75 Å². The first kappa shape index (κ1) is 11.5. The number of hydrogen-bond acceptors (Lipinski definition) is 2. The Morgan fingerprint density at radius 2 is 1.94 bits per heavy atom. The van der Waals surface area contributed by atoms with Crippen molar-refractivity contribution >= 4 is 11.9 Å². The Kier molecular flexibility index (Phi) is 3.00. The molecule has 0 aliphatic rings. The molecule has 0 unspecified atom stereocenters. The van der Waals surface area contributed by atoms with Gasteiger partial charge in [-0.15, -0.1) is 0 Å². The van der Waals surface area contributed by atoms with Crippen LogP contribution in [-0.4, -0.2) is 15.9 Å². The van der Waals surface area contributed by atoms with Gasteiger partial charge in [0.1, 0.15) is 11.4 Å². The standard InChI is InChI=1S/C14H16N2O/c1-10-8-12(11(2)16(10)3)9-15-13-6-4-5-7-14(13)17/h4-9,17H,1-3H3. The lowest BCUT2D eigenvalue weighted by Gasteiger charge is -1.99. The normalized spacial score (nSPS) is 11.2. The molecule has 2 aromatic rings. The molecular formula is C14H16N2O. The summed E-state index contributed by atoms with van der Waals surface area (Å²) < 4.78 is 2.12. The molecule has 3 heteroatoms. The van der Waals surface area contributed by atoms with Crippen molar-refractivity contribution in [2.45, 2.75) is 13.8 Å². The first-order chi connectivity index (χ1) is 8.09. The van der Waals surface area contributed by atoms with Gasteiger partial charge in [-0.1, -0.05) is 12.1 Å². The van der Waals surface area contributed by atoms with Crippen LogP contribution in [0.4, 0.5) is 5.69 Å². The van der Waals surface area contributed by atoms with Crippen molar-refractivity contribution in [3.63, 3.8) is 0 Å². The quantitative estimate of drug-likeness (QED) is 0.788. The van der Waals surface area contributed by atoms with Crippen molar-refractivity contribution in [1.82, 2.24) is 4.57 Å². The maximum atomic E-state index is 9.60. The fourth-order valence-corrected chi connectivity index (χ4v) is 1.73. The molecule has 1 heterocycles. The molecule has 0 aliphatic heterocycles. The molecule has 0 fully saturated rings. The van der Waals surface area contributed by atoms with E-state index in [0.29, 0.717) is 5.69 Å². The molecule has 0 radical (unpaired) electrons. The second kappa shape index (κ2) is 4.45. The third-order valence-corrected chi connectivity index (χ3v) is 3.04. The number of aromatic hydroxyl groups is 1. The first-order valence-electron chi connectivity index (χ1n) is 5.54. The summed E-state index contributed by atoms with van der Waals surface area (Å²) in [6, 6.07) is 9.15. The highest BCUT2D eigenvalue weighted by Gasteiger charge is 2.03. The molecule has 0 amide bonds. The van der Waals surface area contributed by atoms with E-state index in [2.05, 4.69) is 29.5 Å². The minimum absolute atomic E-state index is 0.203. The molecule has 2 rings (SSSR count). The van der Waals surface area contributed by atoms with Gasteiger partial charge >= 0.3 is 0 Å². The monoisotopic (exact) mass is 228 g/mol. The topological polar surface area (TPSA) is 37.5 Å². The van der Waals surface area contributed by atoms with Crippen LogP contribution in [0.5, 0.6) is 5.75 Å². The predicted octanol–water partition coefficient (Wildman–Crippen LogP) is 3.10. The lowest BCUT2D eigenvalue weighted by atomic mass is 10.2. The van der Waals surface area contributed by atoms with Gasteiger partial charge in [0.05, 0.1) is 0 Å². The van der Waals surface area contributed by atoms with Gasteiger partial charge < -0.3 is 9.67 Å². The summed E-state index contributed by atoms with van der Waals surface area (Å²) in [6.45, 7) is 4.11. The van der Waals surface area contributed by atoms with E-state index in [9.17, 15) is 5.11 Å². The highest BCUT2D eigenvalue weighted by atomic mass is 16.3. The van der Waals surface area contributed by atoms with Gasteiger partial charge in [0.25, 0.3) is 0 Å². The minimum Gasteiger partial charge on any atom is -0.506 e. The van der Waals surface area contributed by atoms with Gasteiger partial charge in [0, 0.05) is 30.2 Å². The smallest absolute Gasteiger partial charge is 0.141 e. The van der Waals surface area contributed by atoms with Crippen LogP contribution in [0.15, 0.2) is 35.3 Å². The Bertz CT molecular complexity index is 568. The molecule has 0 saturated heterocycles. The van der Waals surface area contributed by atoms with Crippen LogP contribution >= 0.6 is 0 Å². The van der Waals surface area contributed by atoms with Crippen LogP contribution in [0.25, 0.3) is 0 Å². The number of aryl methyl sites for hydroxylation is 1. The predicted molar refractivity (Wildman–Crippen MR) is 70.2 cm³/mol. The summed E-state index contributed by atoms with van der Waals surface area (Å²) in [6.07, 6.45) is 1.79. The minimum atomic E-state index is 0.203. The second-order valence-corrected chi connectivity index (χ2v) is 4.13. The fraction of sp³-hybridized carbons (Fsp3) is 0.214. The van der Waals surface area contributed by atoms with Crippen LogP contribution < -0.4 is 0 Å². The number of hydrogen-bond donors (Lipinski definition) is 1. The zero-order valence-electron chi connectivity index (χ0n) is 10.3. The average molecular weight is 228 g/mol. The Morgan fingerprint density at radius 3 is 2.53 bits per heavy atom. The van der Waals surface area contributed by atoms with Gasteiger partial charge in [0.15, 0.2) is 0 Å². The van der Waals surface area contributed by atoms with E-state index in [4.69, 9.17) is 0 Å². The summed E-state index contributed by atoms with van der Waals surface area (Å²) in [4.78, 5) is 4.30. The van der Waals surface area contributed by atoms with Gasteiger partial charge in [0.2, 0.25) is 0 Å². The first-order valence-corrected chi connectivity index (χ1v) is 5.54. The summed E-state index contributed by atoms with van der Waals surface area (Å²) >= 11 is 0. The van der Waals surface area contributed by atoms with Gasteiger partial charge in [-0.05, 0) is 32.0 Å². The number of nitrogens with zero attached hydrogens (tertiary/aromatic N) is 2. The second-order valence-electron chi connectivity index (χ2n) is 4.13. The van der Waals surface area contributed by atoms with E-state index in [1.165, 1.54) is 11.4 Å². The number of para-hydroxylation sites is 2. The molecule has 0 spiro atoms. The van der Waals surface area contributed by atoms with Crippen molar-refractivity contribution in [3.05, 3.63) is 47.3 Å². The molecule has 17 heavy (non-hydrogen) atoms. The molecule has 1 aromatic carbocycles. The van der Waals surface area contributed by atoms with Gasteiger partial charge in [-0.2, -0.15) is 0 Å². The number of aliphatic imine (C=N–C) groups is 1. The summed E-state index contributed by atoms with van der Waals surface area (Å²) in [5.74, 6) is 0.203. The molecule has 0 atom stereocenters. The number of phenols is 1.